The predicted molar refractivity (Wildman–Crippen MR) is 57.8 cm³/mol. The second-order valence-electron chi connectivity index (χ2n) is 3.39. The fourth-order valence-corrected chi connectivity index (χ4v) is 0.618. The Morgan fingerprint density at radius 1 is 1.31 bits per heavy atom. The summed E-state index contributed by atoms with van der Waals surface area (Å²) < 4.78 is 0. The topological polar surface area (TPSA) is 124 Å². The van der Waals surface area contributed by atoms with E-state index in [1.807, 2.05) is 19.0 Å². The van der Waals surface area contributed by atoms with Gasteiger partial charge in [0.15, 0.2) is 6.10 Å². The van der Waals surface area contributed by atoms with Crippen molar-refractivity contribution in [3.63, 3.8) is 0 Å². The van der Waals surface area contributed by atoms with Gasteiger partial charge in [0, 0.05) is 0 Å². The molecule has 5 N–H and O–H groups in total. The highest BCUT2D eigenvalue weighted by atomic mass is 16.4. The standard InChI is InChI=1S/C5H14N2.C4H6O5/c1-4-5(6)7(2)3;5-2(4(8)9)1-3(6)7/h5H,4,6H2,1-3H3;2,5H,1H2,(H,6,7)(H,8,9). The molecular weight excluding hydrogens is 216 g/mol. The van der Waals surface area contributed by atoms with Crippen LogP contribution in [0, 0.1) is 0 Å². The maximum absolute atomic E-state index is 9.72. The molecule has 0 heterocycles. The molecule has 0 aromatic carbocycles. The molecule has 0 aromatic heterocycles. The number of aliphatic hydroxyl groups is 1. The Hall–Kier alpha value is -1.18. The van der Waals surface area contributed by atoms with Crippen LogP contribution in [0.4, 0.5) is 0 Å². The molecule has 0 fully saturated rings. The van der Waals surface area contributed by atoms with E-state index in [4.69, 9.17) is 21.1 Å². The van der Waals surface area contributed by atoms with E-state index < -0.39 is 24.5 Å². The van der Waals surface area contributed by atoms with Gasteiger partial charge in [-0.15, -0.1) is 0 Å². The molecule has 0 aromatic rings. The lowest BCUT2D eigenvalue weighted by Gasteiger charge is -2.16. The van der Waals surface area contributed by atoms with E-state index in [0.29, 0.717) is 0 Å². The van der Waals surface area contributed by atoms with Crippen LogP contribution in [0.25, 0.3) is 0 Å². The van der Waals surface area contributed by atoms with Gasteiger partial charge in [-0.3, -0.25) is 9.69 Å². The zero-order chi connectivity index (χ0) is 13.3. The molecule has 0 aliphatic carbocycles. The van der Waals surface area contributed by atoms with Crippen LogP contribution in [0.15, 0.2) is 0 Å². The van der Waals surface area contributed by atoms with Gasteiger partial charge in [-0.05, 0) is 20.5 Å². The smallest absolute Gasteiger partial charge is 0.333 e. The van der Waals surface area contributed by atoms with Gasteiger partial charge in [-0.1, -0.05) is 6.92 Å². The quantitative estimate of drug-likeness (QED) is 0.458. The monoisotopic (exact) mass is 236 g/mol. The lowest BCUT2D eigenvalue weighted by molar-refractivity contribution is -0.152. The van der Waals surface area contributed by atoms with Gasteiger partial charge in [0.1, 0.15) is 0 Å². The Morgan fingerprint density at radius 2 is 1.75 bits per heavy atom. The van der Waals surface area contributed by atoms with Crippen LogP contribution in [0.2, 0.25) is 0 Å². The molecule has 0 aliphatic heterocycles. The van der Waals surface area contributed by atoms with E-state index in [-0.39, 0.29) is 6.17 Å². The summed E-state index contributed by atoms with van der Waals surface area (Å²) in [6, 6.07) is 0. The number of carbonyl (C=O) groups is 2. The molecule has 0 saturated heterocycles. The van der Waals surface area contributed by atoms with Gasteiger partial charge in [-0.2, -0.15) is 0 Å². The minimum absolute atomic E-state index is 0.236. The summed E-state index contributed by atoms with van der Waals surface area (Å²) in [5.41, 5.74) is 5.54. The number of aliphatic hydroxyl groups excluding tert-OH is 1. The average Bonchev–Trinajstić information content (AvgIpc) is 2.16. The average molecular weight is 236 g/mol. The first-order chi connectivity index (χ1) is 7.22. The van der Waals surface area contributed by atoms with Gasteiger partial charge < -0.3 is 21.1 Å². The molecule has 96 valence electrons. The molecule has 0 spiro atoms. The number of hydrogen-bond acceptors (Lipinski definition) is 5. The molecule has 2 atom stereocenters. The van der Waals surface area contributed by atoms with Crippen molar-refractivity contribution in [1.82, 2.24) is 4.90 Å². The van der Waals surface area contributed by atoms with Gasteiger partial charge in [-0.25, -0.2) is 4.79 Å². The van der Waals surface area contributed by atoms with Gasteiger partial charge in [0.25, 0.3) is 0 Å². The van der Waals surface area contributed by atoms with E-state index in [2.05, 4.69) is 6.92 Å². The predicted octanol–water partition coefficient (Wildman–Crippen LogP) is -0.851. The summed E-state index contributed by atoms with van der Waals surface area (Å²) in [7, 11) is 3.96. The van der Waals surface area contributed by atoms with Crippen molar-refractivity contribution in [3.8, 4) is 0 Å². The molecule has 0 bridgehead atoms. The first-order valence-electron chi connectivity index (χ1n) is 4.77. The number of carboxylic acid groups (broad SMARTS) is 2. The van der Waals surface area contributed by atoms with E-state index in [9.17, 15) is 9.59 Å². The third kappa shape index (κ3) is 10.9. The summed E-state index contributed by atoms with van der Waals surface area (Å²) >= 11 is 0. The number of nitrogens with two attached hydrogens (primary N) is 1. The third-order valence-corrected chi connectivity index (χ3v) is 1.73. The lowest BCUT2D eigenvalue weighted by atomic mass is 10.3. The number of carboxylic acids is 2. The summed E-state index contributed by atoms with van der Waals surface area (Å²) in [5.74, 6) is -2.85. The fourth-order valence-electron chi connectivity index (χ4n) is 0.618. The highest BCUT2D eigenvalue weighted by Gasteiger charge is 2.16. The molecule has 0 aliphatic rings. The largest absolute Gasteiger partial charge is 0.481 e. The highest BCUT2D eigenvalue weighted by molar-refractivity contribution is 5.79. The van der Waals surface area contributed by atoms with E-state index in [1.165, 1.54) is 0 Å². The Balaban J connectivity index is 0. The molecule has 16 heavy (non-hydrogen) atoms. The van der Waals surface area contributed by atoms with Crippen molar-refractivity contribution in [2.45, 2.75) is 32.0 Å². The lowest BCUT2D eigenvalue weighted by Crippen LogP contribution is -2.35. The minimum Gasteiger partial charge on any atom is -0.481 e. The molecule has 7 heteroatoms. The van der Waals surface area contributed by atoms with Crippen LogP contribution in [0.1, 0.15) is 19.8 Å². The Labute approximate surface area is 94.5 Å². The maximum atomic E-state index is 9.72. The number of nitrogens with zero attached hydrogens (tertiary/aromatic N) is 1. The maximum Gasteiger partial charge on any atom is 0.333 e. The summed E-state index contributed by atoms with van der Waals surface area (Å²) in [5, 5.41) is 24.1. The summed E-state index contributed by atoms with van der Waals surface area (Å²) in [4.78, 5) is 21.4. The van der Waals surface area contributed by atoms with Crippen molar-refractivity contribution < 1.29 is 24.9 Å². The fraction of sp³-hybridized carbons (Fsp3) is 0.778. The van der Waals surface area contributed by atoms with E-state index in [0.717, 1.165) is 6.42 Å². The van der Waals surface area contributed by atoms with Crippen molar-refractivity contribution in [2.75, 3.05) is 14.1 Å². The van der Waals surface area contributed by atoms with Crippen LogP contribution in [-0.4, -0.2) is 58.5 Å². The zero-order valence-electron chi connectivity index (χ0n) is 9.75. The number of aliphatic carboxylic acids is 2. The molecule has 0 saturated carbocycles. The first-order valence-corrected chi connectivity index (χ1v) is 4.77. The normalized spacial score (nSPS) is 13.6. The van der Waals surface area contributed by atoms with Gasteiger partial charge in [0.05, 0.1) is 12.6 Å². The minimum atomic E-state index is -1.79. The molecule has 0 rings (SSSR count). The van der Waals surface area contributed by atoms with Crippen LogP contribution >= 0.6 is 0 Å². The van der Waals surface area contributed by atoms with E-state index in [1.54, 1.807) is 0 Å². The zero-order valence-corrected chi connectivity index (χ0v) is 9.75. The second-order valence-corrected chi connectivity index (χ2v) is 3.39. The van der Waals surface area contributed by atoms with Crippen molar-refractivity contribution >= 4 is 11.9 Å². The molecule has 0 amide bonds. The SMILES string of the molecule is CCC(N)N(C)C.O=C(O)CC(O)C(=O)O. The van der Waals surface area contributed by atoms with Gasteiger partial charge >= 0.3 is 11.9 Å². The van der Waals surface area contributed by atoms with Crippen molar-refractivity contribution in [1.29, 1.82) is 0 Å². The summed E-state index contributed by atoms with van der Waals surface area (Å²) in [6.07, 6.45) is -1.29. The third-order valence-electron chi connectivity index (χ3n) is 1.73. The van der Waals surface area contributed by atoms with Crippen molar-refractivity contribution in [3.05, 3.63) is 0 Å². The molecule has 2 unspecified atom stereocenters. The Bertz CT molecular complexity index is 220. The second kappa shape index (κ2) is 9.08. The van der Waals surface area contributed by atoms with Crippen LogP contribution in [0.3, 0.4) is 0 Å². The van der Waals surface area contributed by atoms with Crippen LogP contribution in [-0.2, 0) is 9.59 Å². The Morgan fingerprint density at radius 3 is 1.81 bits per heavy atom. The summed E-state index contributed by atoms with van der Waals surface area (Å²) in [6.45, 7) is 2.07. The van der Waals surface area contributed by atoms with Crippen LogP contribution < -0.4 is 5.73 Å². The van der Waals surface area contributed by atoms with Crippen molar-refractivity contribution in [2.24, 2.45) is 5.73 Å². The van der Waals surface area contributed by atoms with Crippen LogP contribution in [0.5, 0.6) is 0 Å². The number of rotatable bonds is 5. The first kappa shape index (κ1) is 17.2. The van der Waals surface area contributed by atoms with Gasteiger partial charge in [0.2, 0.25) is 0 Å². The molecule has 7 nitrogen and oxygen atoms in total. The highest BCUT2D eigenvalue weighted by Crippen LogP contribution is 1.89. The number of hydrogen-bond donors (Lipinski definition) is 4. The molecule has 0 radical (unpaired) electrons. The Kier molecular flexibility index (Phi) is 9.77. The van der Waals surface area contributed by atoms with E-state index >= 15 is 0 Å². The molecular formula is C9H20N2O5.